The van der Waals surface area contributed by atoms with Crippen molar-refractivity contribution in [2.45, 2.75) is 162 Å². The zero-order valence-corrected chi connectivity index (χ0v) is 19.3. The Morgan fingerprint density at radius 2 is 0.630 bits per heavy atom. The summed E-state index contributed by atoms with van der Waals surface area (Å²) in [7, 11) is 0. The third-order valence-corrected chi connectivity index (χ3v) is 6.47. The summed E-state index contributed by atoms with van der Waals surface area (Å²) >= 11 is 0. The van der Waals surface area contributed by atoms with E-state index in [1.165, 1.54) is 148 Å². The fourth-order valence-corrected chi connectivity index (χ4v) is 4.40. The highest BCUT2D eigenvalue weighted by atomic mass is 14.2. The first-order valence-electron chi connectivity index (χ1n) is 13.1. The molecule has 0 fully saturated rings. The topological polar surface area (TPSA) is 0 Å². The maximum atomic E-state index is 2.30. The SMILES string of the molecule is CCCCCCCCCCCCCCCCC1=C(CCCCCCCC)C1. The average Bonchev–Trinajstić information content (AvgIpc) is 3.43. The Bertz CT molecular complexity index is 338. The van der Waals surface area contributed by atoms with Crippen molar-refractivity contribution < 1.29 is 0 Å². The van der Waals surface area contributed by atoms with Crippen LogP contribution in [0.4, 0.5) is 0 Å². The molecule has 160 valence electrons. The van der Waals surface area contributed by atoms with Crippen LogP contribution in [0.15, 0.2) is 11.1 Å². The van der Waals surface area contributed by atoms with E-state index >= 15 is 0 Å². The lowest BCUT2D eigenvalue weighted by Gasteiger charge is -2.03. The van der Waals surface area contributed by atoms with Gasteiger partial charge in [-0.2, -0.15) is 0 Å². The zero-order chi connectivity index (χ0) is 19.4. The highest BCUT2D eigenvalue weighted by Gasteiger charge is 2.19. The van der Waals surface area contributed by atoms with Gasteiger partial charge in [-0.05, 0) is 32.1 Å². The van der Waals surface area contributed by atoms with Crippen molar-refractivity contribution in [3.63, 3.8) is 0 Å². The van der Waals surface area contributed by atoms with E-state index in [9.17, 15) is 0 Å². The van der Waals surface area contributed by atoms with Gasteiger partial charge >= 0.3 is 0 Å². The molecule has 27 heavy (non-hydrogen) atoms. The van der Waals surface area contributed by atoms with Crippen molar-refractivity contribution in [2.24, 2.45) is 0 Å². The standard InChI is InChI=1S/C27H52/c1-3-5-7-9-11-12-13-14-15-16-17-18-20-22-24-27-25-26(27)23-21-19-10-8-6-4-2/h3-25H2,1-2H3. The third-order valence-electron chi connectivity index (χ3n) is 6.47. The molecule has 0 aromatic rings. The first kappa shape index (κ1) is 24.8. The van der Waals surface area contributed by atoms with Crippen LogP contribution < -0.4 is 0 Å². The average molecular weight is 377 g/mol. The van der Waals surface area contributed by atoms with Gasteiger partial charge in [-0.25, -0.2) is 0 Å². The molecule has 1 rings (SSSR count). The number of hydrogen-bond acceptors (Lipinski definition) is 0. The van der Waals surface area contributed by atoms with Crippen molar-refractivity contribution in [2.75, 3.05) is 0 Å². The molecule has 0 bridgehead atoms. The summed E-state index contributed by atoms with van der Waals surface area (Å²) < 4.78 is 0. The third kappa shape index (κ3) is 16.4. The number of unbranched alkanes of at least 4 members (excludes halogenated alkanes) is 18. The molecule has 0 aromatic heterocycles. The van der Waals surface area contributed by atoms with Gasteiger partial charge in [0.05, 0.1) is 0 Å². The molecular formula is C27H52. The molecule has 0 amide bonds. The summed E-state index contributed by atoms with van der Waals surface area (Å²) in [6.45, 7) is 4.61. The Morgan fingerprint density at radius 1 is 0.370 bits per heavy atom. The van der Waals surface area contributed by atoms with E-state index in [0.29, 0.717) is 0 Å². The molecule has 0 spiro atoms. The van der Waals surface area contributed by atoms with Crippen LogP contribution in [0, 0.1) is 0 Å². The largest absolute Gasteiger partial charge is 0.0666 e. The predicted octanol–water partition coefficient (Wildman–Crippen LogP) is 10.3. The molecule has 0 heteroatoms. The van der Waals surface area contributed by atoms with Crippen molar-refractivity contribution in [3.05, 3.63) is 11.1 Å². The quantitative estimate of drug-likeness (QED) is 0.130. The lowest BCUT2D eigenvalue weighted by atomic mass is 10.0. The van der Waals surface area contributed by atoms with Crippen molar-refractivity contribution in [1.29, 1.82) is 0 Å². The Labute approximate surface area is 173 Å². The van der Waals surface area contributed by atoms with Gasteiger partial charge in [-0.1, -0.05) is 141 Å². The highest BCUT2D eigenvalue weighted by molar-refractivity contribution is 5.34. The molecule has 1 aliphatic rings. The smallest absolute Gasteiger partial charge is 0.0103 e. The molecular weight excluding hydrogens is 324 g/mol. The van der Waals surface area contributed by atoms with Gasteiger partial charge in [-0.15, -0.1) is 0 Å². The molecule has 0 saturated heterocycles. The van der Waals surface area contributed by atoms with Crippen molar-refractivity contribution in [3.8, 4) is 0 Å². The fourth-order valence-electron chi connectivity index (χ4n) is 4.40. The molecule has 0 aromatic carbocycles. The van der Waals surface area contributed by atoms with Crippen LogP contribution >= 0.6 is 0 Å². The number of allylic oxidation sites excluding steroid dienone is 2. The summed E-state index contributed by atoms with van der Waals surface area (Å²) in [5, 5.41) is 0. The molecule has 0 aliphatic heterocycles. The van der Waals surface area contributed by atoms with E-state index in [1.54, 1.807) is 0 Å². The lowest BCUT2D eigenvalue weighted by molar-refractivity contribution is 0.535. The maximum absolute atomic E-state index is 2.30. The van der Waals surface area contributed by atoms with Gasteiger partial charge in [0.2, 0.25) is 0 Å². The molecule has 1 aliphatic carbocycles. The second-order valence-corrected chi connectivity index (χ2v) is 9.25. The van der Waals surface area contributed by atoms with Crippen molar-refractivity contribution in [1.82, 2.24) is 0 Å². The van der Waals surface area contributed by atoms with E-state index in [0.717, 1.165) is 0 Å². The normalized spacial score (nSPS) is 13.6. The molecule has 0 N–H and O–H groups in total. The summed E-state index contributed by atoms with van der Waals surface area (Å²) in [6.07, 6.45) is 33.5. The minimum absolute atomic E-state index is 1.37. The van der Waals surface area contributed by atoms with Crippen LogP contribution in [0.3, 0.4) is 0 Å². The van der Waals surface area contributed by atoms with Crippen LogP contribution in [0.5, 0.6) is 0 Å². The molecule has 0 heterocycles. The van der Waals surface area contributed by atoms with Gasteiger partial charge in [0.25, 0.3) is 0 Å². The minimum Gasteiger partial charge on any atom is -0.0666 e. The summed E-state index contributed by atoms with van der Waals surface area (Å²) in [6, 6.07) is 0. The maximum Gasteiger partial charge on any atom is -0.0103 e. The van der Waals surface area contributed by atoms with Crippen LogP contribution in [0.2, 0.25) is 0 Å². The van der Waals surface area contributed by atoms with Gasteiger partial charge < -0.3 is 0 Å². The van der Waals surface area contributed by atoms with E-state index in [4.69, 9.17) is 0 Å². The van der Waals surface area contributed by atoms with Crippen LogP contribution in [-0.4, -0.2) is 0 Å². The van der Waals surface area contributed by atoms with Gasteiger partial charge in [0, 0.05) is 0 Å². The van der Waals surface area contributed by atoms with Gasteiger partial charge in [0.15, 0.2) is 0 Å². The Hall–Kier alpha value is -0.260. The lowest BCUT2D eigenvalue weighted by Crippen LogP contribution is -1.83. The second kappa shape index (κ2) is 19.1. The van der Waals surface area contributed by atoms with E-state index < -0.39 is 0 Å². The first-order valence-corrected chi connectivity index (χ1v) is 13.1. The van der Waals surface area contributed by atoms with E-state index in [2.05, 4.69) is 13.8 Å². The zero-order valence-electron chi connectivity index (χ0n) is 19.3. The molecule has 0 nitrogen and oxygen atoms in total. The predicted molar refractivity (Wildman–Crippen MR) is 125 cm³/mol. The number of hydrogen-bond donors (Lipinski definition) is 0. The summed E-state index contributed by atoms with van der Waals surface area (Å²) in [5.74, 6) is 0. The molecule has 0 radical (unpaired) electrons. The second-order valence-electron chi connectivity index (χ2n) is 9.25. The molecule has 0 atom stereocenters. The van der Waals surface area contributed by atoms with E-state index in [1.807, 2.05) is 11.1 Å². The van der Waals surface area contributed by atoms with Crippen LogP contribution in [0.1, 0.15) is 162 Å². The Kier molecular flexibility index (Phi) is 17.5. The molecule has 0 unspecified atom stereocenters. The molecule has 0 saturated carbocycles. The van der Waals surface area contributed by atoms with Crippen LogP contribution in [0.25, 0.3) is 0 Å². The van der Waals surface area contributed by atoms with Crippen molar-refractivity contribution >= 4 is 0 Å². The Balaban J connectivity index is 1.73. The van der Waals surface area contributed by atoms with E-state index in [-0.39, 0.29) is 0 Å². The summed E-state index contributed by atoms with van der Waals surface area (Å²) in [4.78, 5) is 0. The summed E-state index contributed by atoms with van der Waals surface area (Å²) in [5.41, 5.74) is 3.70. The first-order chi connectivity index (χ1) is 13.4. The highest BCUT2D eigenvalue weighted by Crippen LogP contribution is 2.38. The van der Waals surface area contributed by atoms with Crippen LogP contribution in [-0.2, 0) is 0 Å². The van der Waals surface area contributed by atoms with Gasteiger partial charge in [-0.3, -0.25) is 0 Å². The minimum atomic E-state index is 1.37. The fraction of sp³-hybridized carbons (Fsp3) is 0.926. The van der Waals surface area contributed by atoms with Gasteiger partial charge in [0.1, 0.15) is 0 Å². The monoisotopic (exact) mass is 376 g/mol. The Morgan fingerprint density at radius 3 is 0.926 bits per heavy atom. The number of rotatable bonds is 22.